The van der Waals surface area contributed by atoms with Crippen LogP contribution in [0.5, 0.6) is 0 Å². The predicted octanol–water partition coefficient (Wildman–Crippen LogP) is 0.574. The fourth-order valence-electron chi connectivity index (χ4n) is 0.933. The molecule has 0 aromatic rings. The molecule has 0 rings (SSSR count). The molecule has 0 radical (unpaired) electrons. The summed E-state index contributed by atoms with van der Waals surface area (Å²) in [5.74, 6) is -1.08. The first kappa shape index (κ1) is 14.7. The molecule has 0 saturated heterocycles. The second-order valence-corrected chi connectivity index (χ2v) is 4.09. The van der Waals surface area contributed by atoms with Gasteiger partial charge in [-0.3, -0.25) is 0 Å². The quantitative estimate of drug-likeness (QED) is 0.625. The molecule has 0 aliphatic carbocycles. The van der Waals surface area contributed by atoms with E-state index in [4.69, 9.17) is 9.84 Å². The Labute approximate surface area is 95.4 Å². The van der Waals surface area contributed by atoms with Gasteiger partial charge in [0.15, 0.2) is 0 Å². The Kier molecular flexibility index (Phi) is 5.81. The predicted molar refractivity (Wildman–Crippen MR) is 59.3 cm³/mol. The van der Waals surface area contributed by atoms with Crippen LogP contribution >= 0.6 is 0 Å². The number of carboxylic acids is 1. The van der Waals surface area contributed by atoms with Crippen molar-refractivity contribution in [2.45, 2.75) is 39.3 Å². The molecule has 0 bridgehead atoms. The van der Waals surface area contributed by atoms with Crippen molar-refractivity contribution in [1.82, 2.24) is 10.6 Å². The minimum absolute atomic E-state index is 0.162. The van der Waals surface area contributed by atoms with Crippen molar-refractivity contribution in [3.63, 3.8) is 0 Å². The fraction of sp³-hybridized carbons (Fsp3) is 0.800. The van der Waals surface area contributed by atoms with Crippen LogP contribution in [-0.4, -0.2) is 41.9 Å². The van der Waals surface area contributed by atoms with Crippen LogP contribution in [0.1, 0.15) is 27.7 Å². The molecular formula is C10H20N2O4. The zero-order valence-electron chi connectivity index (χ0n) is 10.2. The summed E-state index contributed by atoms with van der Waals surface area (Å²) in [5.41, 5.74) is -1.28. The van der Waals surface area contributed by atoms with Gasteiger partial charge in [0, 0.05) is 6.61 Å². The van der Waals surface area contributed by atoms with E-state index in [1.54, 1.807) is 6.92 Å². The van der Waals surface area contributed by atoms with Crippen LogP contribution in [0.15, 0.2) is 0 Å². The number of urea groups is 1. The van der Waals surface area contributed by atoms with Crippen LogP contribution in [-0.2, 0) is 9.53 Å². The molecule has 6 heteroatoms. The Hall–Kier alpha value is -1.30. The van der Waals surface area contributed by atoms with Gasteiger partial charge in [0.2, 0.25) is 0 Å². The van der Waals surface area contributed by atoms with Gasteiger partial charge in [0.05, 0.1) is 12.6 Å². The summed E-state index contributed by atoms with van der Waals surface area (Å²) in [5, 5.41) is 13.7. The number of carboxylic acid groups (broad SMARTS) is 1. The molecule has 16 heavy (non-hydrogen) atoms. The summed E-state index contributed by atoms with van der Waals surface area (Å²) in [6.07, 6.45) is 0. The Morgan fingerprint density at radius 3 is 2.44 bits per heavy atom. The molecule has 2 amide bonds. The highest BCUT2D eigenvalue weighted by atomic mass is 16.5. The van der Waals surface area contributed by atoms with E-state index < -0.39 is 17.5 Å². The number of hydrogen-bond donors (Lipinski definition) is 3. The van der Waals surface area contributed by atoms with Crippen LogP contribution in [0.4, 0.5) is 4.79 Å². The van der Waals surface area contributed by atoms with E-state index in [0.717, 1.165) is 0 Å². The van der Waals surface area contributed by atoms with E-state index in [1.165, 1.54) is 13.8 Å². The van der Waals surface area contributed by atoms with Gasteiger partial charge in [-0.25, -0.2) is 9.59 Å². The lowest BCUT2D eigenvalue weighted by molar-refractivity contribution is -0.142. The first-order valence-electron chi connectivity index (χ1n) is 5.19. The Morgan fingerprint density at radius 1 is 1.44 bits per heavy atom. The van der Waals surface area contributed by atoms with Crippen molar-refractivity contribution >= 4 is 12.0 Å². The molecule has 0 saturated carbocycles. The minimum Gasteiger partial charge on any atom is -0.480 e. The van der Waals surface area contributed by atoms with Crippen molar-refractivity contribution in [3.8, 4) is 0 Å². The summed E-state index contributed by atoms with van der Waals surface area (Å²) in [7, 11) is 0. The van der Waals surface area contributed by atoms with Crippen LogP contribution in [0.25, 0.3) is 0 Å². The number of ether oxygens (including phenoxy) is 1. The lowest BCUT2D eigenvalue weighted by Gasteiger charge is -2.23. The molecule has 3 N–H and O–H groups in total. The van der Waals surface area contributed by atoms with Gasteiger partial charge in [0.1, 0.15) is 5.54 Å². The number of nitrogens with one attached hydrogen (secondary N) is 2. The first-order chi connectivity index (χ1) is 7.29. The molecule has 0 heterocycles. The number of carbonyl (C=O) groups is 2. The zero-order chi connectivity index (χ0) is 12.8. The SMILES string of the molecule is CCOCC(C)NC(=O)NC(C)(C)C(=O)O. The molecule has 0 spiro atoms. The monoisotopic (exact) mass is 232 g/mol. The molecule has 0 aromatic heterocycles. The van der Waals surface area contributed by atoms with Crippen molar-refractivity contribution < 1.29 is 19.4 Å². The van der Waals surface area contributed by atoms with Gasteiger partial charge >= 0.3 is 12.0 Å². The molecule has 6 nitrogen and oxygen atoms in total. The van der Waals surface area contributed by atoms with Gasteiger partial charge in [-0.15, -0.1) is 0 Å². The average Bonchev–Trinajstić information content (AvgIpc) is 2.13. The van der Waals surface area contributed by atoms with Crippen molar-refractivity contribution in [1.29, 1.82) is 0 Å². The second kappa shape index (κ2) is 6.32. The summed E-state index contributed by atoms with van der Waals surface area (Å²) >= 11 is 0. The first-order valence-corrected chi connectivity index (χ1v) is 5.19. The zero-order valence-corrected chi connectivity index (χ0v) is 10.2. The Morgan fingerprint density at radius 2 is 2.00 bits per heavy atom. The normalized spacial score (nSPS) is 13.0. The van der Waals surface area contributed by atoms with Crippen molar-refractivity contribution in [2.24, 2.45) is 0 Å². The lowest BCUT2D eigenvalue weighted by Crippen LogP contribution is -2.55. The van der Waals surface area contributed by atoms with E-state index in [0.29, 0.717) is 13.2 Å². The highest BCUT2D eigenvalue weighted by molar-refractivity contribution is 5.85. The highest BCUT2D eigenvalue weighted by Gasteiger charge is 2.29. The van der Waals surface area contributed by atoms with E-state index in [9.17, 15) is 9.59 Å². The topological polar surface area (TPSA) is 87.7 Å². The van der Waals surface area contributed by atoms with Crippen molar-refractivity contribution in [2.75, 3.05) is 13.2 Å². The maximum atomic E-state index is 11.4. The molecule has 94 valence electrons. The number of aliphatic carboxylic acids is 1. The molecule has 0 fully saturated rings. The standard InChI is InChI=1S/C10H20N2O4/c1-5-16-6-7(2)11-9(15)12-10(3,4)8(13)14/h7H,5-6H2,1-4H3,(H,13,14)(H2,11,12,15). The van der Waals surface area contributed by atoms with Crippen molar-refractivity contribution in [3.05, 3.63) is 0 Å². The molecular weight excluding hydrogens is 212 g/mol. The molecule has 1 unspecified atom stereocenters. The van der Waals surface area contributed by atoms with E-state index in [2.05, 4.69) is 10.6 Å². The molecule has 1 atom stereocenters. The highest BCUT2D eigenvalue weighted by Crippen LogP contribution is 2.01. The summed E-state index contributed by atoms with van der Waals surface area (Å²) in [6.45, 7) is 7.46. The molecule has 0 aliphatic heterocycles. The van der Waals surface area contributed by atoms with Gasteiger partial charge in [-0.2, -0.15) is 0 Å². The smallest absolute Gasteiger partial charge is 0.328 e. The number of amides is 2. The van der Waals surface area contributed by atoms with E-state index in [-0.39, 0.29) is 6.04 Å². The third-order valence-electron chi connectivity index (χ3n) is 1.91. The number of carbonyl (C=O) groups excluding carboxylic acids is 1. The Bertz CT molecular complexity index is 253. The molecule has 0 aliphatic rings. The second-order valence-electron chi connectivity index (χ2n) is 4.09. The molecule has 0 aromatic carbocycles. The van der Waals surface area contributed by atoms with Gasteiger partial charge in [-0.1, -0.05) is 0 Å². The number of hydrogen-bond acceptors (Lipinski definition) is 3. The largest absolute Gasteiger partial charge is 0.480 e. The summed E-state index contributed by atoms with van der Waals surface area (Å²) in [6, 6.07) is -0.677. The third kappa shape index (κ3) is 5.55. The van der Waals surface area contributed by atoms with Crippen LogP contribution < -0.4 is 10.6 Å². The summed E-state index contributed by atoms with van der Waals surface area (Å²) in [4.78, 5) is 22.1. The summed E-state index contributed by atoms with van der Waals surface area (Å²) < 4.78 is 5.11. The van der Waals surface area contributed by atoms with Gasteiger partial charge < -0.3 is 20.5 Å². The van der Waals surface area contributed by atoms with Gasteiger partial charge in [-0.05, 0) is 27.7 Å². The van der Waals surface area contributed by atoms with Crippen LogP contribution in [0.2, 0.25) is 0 Å². The average molecular weight is 232 g/mol. The maximum Gasteiger partial charge on any atom is 0.328 e. The Balaban J connectivity index is 4.03. The minimum atomic E-state index is -1.28. The number of rotatable bonds is 6. The van der Waals surface area contributed by atoms with Crippen LogP contribution in [0, 0.1) is 0 Å². The fourth-order valence-corrected chi connectivity index (χ4v) is 0.933. The maximum absolute atomic E-state index is 11.4. The van der Waals surface area contributed by atoms with E-state index in [1.807, 2.05) is 6.92 Å². The lowest BCUT2D eigenvalue weighted by atomic mass is 10.1. The van der Waals surface area contributed by atoms with Gasteiger partial charge in [0.25, 0.3) is 0 Å². The third-order valence-corrected chi connectivity index (χ3v) is 1.91. The van der Waals surface area contributed by atoms with E-state index >= 15 is 0 Å². The van der Waals surface area contributed by atoms with Crippen LogP contribution in [0.3, 0.4) is 0 Å².